The number of aliphatic hydroxyl groups excluding tert-OH is 2. The van der Waals surface area contributed by atoms with Crippen molar-refractivity contribution in [2.45, 2.75) is 96.8 Å². The van der Waals surface area contributed by atoms with E-state index in [4.69, 9.17) is 10.5 Å². The Balaban J connectivity index is 0.00000272. The standard InChI is InChI=1S/C25H43NO4.ClH/c1-14(5-8-22(29)30-4)17-6-7-18-23-19(13-21(28)25(17,18)3)24(2)10-9-16(26)11-15(24)12-20(23)27;/h14-21,23,27-28H,5-13,26H2,1-4H3;1H/t14-,15+,16-,17-,18+,19+,20-,21+,23+,24+,25-;/m1./s1. The number of aliphatic hydroxyl groups is 2. The first-order valence-electron chi connectivity index (χ1n) is 12.3. The van der Waals surface area contributed by atoms with E-state index in [1.807, 2.05) is 0 Å². The van der Waals surface area contributed by atoms with E-state index in [1.165, 1.54) is 7.11 Å². The van der Waals surface area contributed by atoms with Gasteiger partial charge in [0.05, 0.1) is 19.3 Å². The maximum Gasteiger partial charge on any atom is 0.305 e. The molecule has 0 aromatic rings. The van der Waals surface area contributed by atoms with Crippen LogP contribution in [-0.4, -0.2) is 41.5 Å². The number of nitrogens with two attached hydrogens (primary N) is 1. The van der Waals surface area contributed by atoms with Crippen LogP contribution < -0.4 is 5.73 Å². The second kappa shape index (κ2) is 9.12. The predicted molar refractivity (Wildman–Crippen MR) is 124 cm³/mol. The van der Waals surface area contributed by atoms with Crippen molar-refractivity contribution in [2.75, 3.05) is 7.11 Å². The monoisotopic (exact) mass is 457 g/mol. The van der Waals surface area contributed by atoms with Crippen molar-refractivity contribution < 1.29 is 19.7 Å². The largest absolute Gasteiger partial charge is 0.469 e. The van der Waals surface area contributed by atoms with Crippen LogP contribution in [0.3, 0.4) is 0 Å². The molecule has 0 radical (unpaired) electrons. The van der Waals surface area contributed by atoms with Crippen LogP contribution in [0.2, 0.25) is 0 Å². The SMILES string of the molecule is COC(=O)CC[C@@H](C)[C@H]1CC[C@H]2[C@@H]3[C@H](O)C[C@@H]4C[C@H](N)CC[C@]4(C)[C@H]3C[C@H](O)[C@]12C.Cl. The minimum Gasteiger partial charge on any atom is -0.469 e. The van der Waals surface area contributed by atoms with Crippen molar-refractivity contribution in [2.24, 2.45) is 52.1 Å². The molecule has 0 saturated heterocycles. The van der Waals surface area contributed by atoms with Gasteiger partial charge in [-0.25, -0.2) is 0 Å². The molecule has 0 amide bonds. The van der Waals surface area contributed by atoms with Gasteiger partial charge in [-0.3, -0.25) is 4.79 Å². The van der Waals surface area contributed by atoms with Gasteiger partial charge in [0.2, 0.25) is 0 Å². The molecule has 4 N–H and O–H groups in total. The smallest absolute Gasteiger partial charge is 0.305 e. The van der Waals surface area contributed by atoms with Crippen molar-refractivity contribution in [1.29, 1.82) is 0 Å². The van der Waals surface area contributed by atoms with Gasteiger partial charge in [0.15, 0.2) is 0 Å². The first-order chi connectivity index (χ1) is 14.1. The van der Waals surface area contributed by atoms with Gasteiger partial charge >= 0.3 is 5.97 Å². The van der Waals surface area contributed by atoms with Crippen LogP contribution in [0, 0.1) is 46.3 Å². The molecule has 0 heterocycles. The molecule has 0 aromatic carbocycles. The molecule has 0 aromatic heterocycles. The third-order valence-corrected chi connectivity index (χ3v) is 10.6. The Labute approximate surface area is 194 Å². The lowest BCUT2D eigenvalue weighted by atomic mass is 9.43. The Bertz CT molecular complexity index is 661. The van der Waals surface area contributed by atoms with Crippen molar-refractivity contribution >= 4 is 18.4 Å². The number of halogens is 1. The highest BCUT2D eigenvalue weighted by Gasteiger charge is 2.65. The fraction of sp³-hybridized carbons (Fsp3) is 0.960. The number of carbonyl (C=O) groups is 1. The molecule has 180 valence electrons. The van der Waals surface area contributed by atoms with Crippen LogP contribution >= 0.6 is 12.4 Å². The maximum absolute atomic E-state index is 11.7. The number of hydrogen-bond donors (Lipinski definition) is 3. The van der Waals surface area contributed by atoms with E-state index in [-0.39, 0.29) is 53.4 Å². The van der Waals surface area contributed by atoms with Gasteiger partial charge in [0.25, 0.3) is 0 Å². The minimum absolute atomic E-state index is 0. The lowest BCUT2D eigenvalue weighted by Gasteiger charge is -2.63. The summed E-state index contributed by atoms with van der Waals surface area (Å²) in [4.78, 5) is 11.7. The zero-order valence-corrected chi connectivity index (χ0v) is 20.6. The van der Waals surface area contributed by atoms with Gasteiger partial charge < -0.3 is 20.7 Å². The molecule has 5 nitrogen and oxygen atoms in total. The summed E-state index contributed by atoms with van der Waals surface area (Å²) in [6, 6.07) is 0.261. The molecular weight excluding hydrogens is 414 g/mol. The summed E-state index contributed by atoms with van der Waals surface area (Å²) < 4.78 is 4.84. The lowest BCUT2D eigenvalue weighted by Crippen LogP contribution is -2.62. The summed E-state index contributed by atoms with van der Waals surface area (Å²) in [6.07, 6.45) is 7.69. The summed E-state index contributed by atoms with van der Waals surface area (Å²) >= 11 is 0. The van der Waals surface area contributed by atoms with E-state index in [2.05, 4.69) is 20.8 Å². The highest BCUT2D eigenvalue weighted by molar-refractivity contribution is 5.85. The van der Waals surface area contributed by atoms with E-state index in [9.17, 15) is 15.0 Å². The molecule has 4 aliphatic carbocycles. The van der Waals surface area contributed by atoms with Gasteiger partial charge in [-0.1, -0.05) is 20.8 Å². The Morgan fingerprint density at radius 3 is 2.52 bits per heavy atom. The van der Waals surface area contributed by atoms with Gasteiger partial charge in [-0.15, -0.1) is 12.4 Å². The number of ether oxygens (including phenoxy) is 1. The van der Waals surface area contributed by atoms with E-state index in [0.717, 1.165) is 51.4 Å². The van der Waals surface area contributed by atoms with Crippen LogP contribution in [0.25, 0.3) is 0 Å². The molecule has 0 aliphatic heterocycles. The van der Waals surface area contributed by atoms with Crippen LogP contribution in [0.4, 0.5) is 0 Å². The molecule has 0 unspecified atom stereocenters. The topological polar surface area (TPSA) is 92.8 Å². The van der Waals surface area contributed by atoms with Gasteiger partial charge in [0, 0.05) is 12.5 Å². The molecule has 4 saturated carbocycles. The van der Waals surface area contributed by atoms with Crippen LogP contribution in [0.5, 0.6) is 0 Å². The van der Waals surface area contributed by atoms with Gasteiger partial charge in [-0.2, -0.15) is 0 Å². The fourth-order valence-electron chi connectivity index (χ4n) is 8.84. The lowest BCUT2D eigenvalue weighted by molar-refractivity contribution is -0.202. The fourth-order valence-corrected chi connectivity index (χ4v) is 8.84. The van der Waals surface area contributed by atoms with E-state index in [0.29, 0.717) is 36.0 Å². The Morgan fingerprint density at radius 1 is 1.13 bits per heavy atom. The molecule has 4 aliphatic rings. The van der Waals surface area contributed by atoms with Crippen LogP contribution in [0.1, 0.15) is 78.6 Å². The number of esters is 1. The number of rotatable bonds is 4. The number of hydrogen-bond acceptors (Lipinski definition) is 5. The zero-order chi connectivity index (χ0) is 21.8. The molecule has 4 fully saturated rings. The van der Waals surface area contributed by atoms with Gasteiger partial charge in [0.1, 0.15) is 0 Å². The maximum atomic E-state index is 11.7. The first-order valence-corrected chi connectivity index (χ1v) is 12.3. The van der Waals surface area contributed by atoms with E-state index < -0.39 is 0 Å². The molecule has 6 heteroatoms. The van der Waals surface area contributed by atoms with Crippen LogP contribution in [-0.2, 0) is 9.53 Å². The summed E-state index contributed by atoms with van der Waals surface area (Å²) in [5, 5.41) is 22.9. The Kier molecular flexibility index (Phi) is 7.43. The second-order valence-electron chi connectivity index (χ2n) is 11.7. The number of methoxy groups -OCH3 is 1. The van der Waals surface area contributed by atoms with Crippen molar-refractivity contribution in [3.05, 3.63) is 0 Å². The average Bonchev–Trinajstić information content (AvgIpc) is 3.06. The summed E-state index contributed by atoms with van der Waals surface area (Å²) in [5.74, 6) is 2.11. The van der Waals surface area contributed by atoms with Crippen LogP contribution in [0.15, 0.2) is 0 Å². The molecule has 4 rings (SSSR count). The quantitative estimate of drug-likeness (QED) is 0.556. The third-order valence-electron chi connectivity index (χ3n) is 10.6. The Hall–Kier alpha value is -0.360. The highest BCUT2D eigenvalue weighted by Crippen LogP contribution is 2.68. The third kappa shape index (κ3) is 3.96. The average molecular weight is 458 g/mol. The zero-order valence-electron chi connectivity index (χ0n) is 19.8. The number of fused-ring (bicyclic) bond motifs is 5. The summed E-state index contributed by atoms with van der Waals surface area (Å²) in [7, 11) is 1.45. The van der Waals surface area contributed by atoms with E-state index >= 15 is 0 Å². The minimum atomic E-state index is -0.338. The molecule has 11 atom stereocenters. The van der Waals surface area contributed by atoms with Crippen molar-refractivity contribution in [3.63, 3.8) is 0 Å². The molecule has 0 spiro atoms. The Morgan fingerprint density at radius 2 is 1.84 bits per heavy atom. The summed E-state index contributed by atoms with van der Waals surface area (Å²) in [5.41, 5.74) is 6.31. The molecule has 0 bridgehead atoms. The van der Waals surface area contributed by atoms with Crippen molar-refractivity contribution in [1.82, 2.24) is 0 Å². The summed E-state index contributed by atoms with van der Waals surface area (Å²) in [6.45, 7) is 6.94. The number of carbonyl (C=O) groups excluding carboxylic acids is 1. The first kappa shape index (κ1) is 25.3. The molecular formula is C25H44ClNO4. The van der Waals surface area contributed by atoms with Gasteiger partial charge in [-0.05, 0) is 97.7 Å². The second-order valence-corrected chi connectivity index (χ2v) is 11.7. The van der Waals surface area contributed by atoms with Crippen molar-refractivity contribution in [3.8, 4) is 0 Å². The van der Waals surface area contributed by atoms with E-state index in [1.54, 1.807) is 0 Å². The normalized spacial score (nSPS) is 49.8. The molecule has 31 heavy (non-hydrogen) atoms. The predicted octanol–water partition coefficient (Wildman–Crippen LogP) is 3.93. The highest BCUT2D eigenvalue weighted by atomic mass is 35.5.